The fraction of sp³-hybridized carbons (Fsp3) is 0.286. The fourth-order valence-electron chi connectivity index (χ4n) is 1.55. The van der Waals surface area contributed by atoms with Crippen molar-refractivity contribution < 1.29 is 14.7 Å². The molecule has 2 N–H and O–H groups in total. The average molecular weight is 282 g/mol. The molecule has 0 radical (unpaired) electrons. The Hall–Kier alpha value is -1.81. The molecule has 1 amide bonds. The van der Waals surface area contributed by atoms with Gasteiger partial charge in [0.15, 0.2) is 0 Å². The molecule has 0 fully saturated rings. The first kappa shape index (κ1) is 15.2. The van der Waals surface area contributed by atoms with Crippen molar-refractivity contribution in [1.29, 1.82) is 0 Å². The van der Waals surface area contributed by atoms with E-state index in [9.17, 15) is 9.59 Å². The highest BCUT2D eigenvalue weighted by atomic mass is 35.5. The molecule has 0 unspecified atom stereocenters. The second-order valence-corrected chi connectivity index (χ2v) is 4.50. The van der Waals surface area contributed by atoms with E-state index in [-0.39, 0.29) is 12.3 Å². The summed E-state index contributed by atoms with van der Waals surface area (Å²) in [6, 6.07) is 5.27. The number of carbonyl (C=O) groups excluding carboxylic acids is 1. The highest BCUT2D eigenvalue weighted by molar-refractivity contribution is 6.31. The number of rotatable bonds is 6. The Morgan fingerprint density at radius 3 is 2.79 bits per heavy atom. The molecular formula is C14H16ClNO3. The van der Waals surface area contributed by atoms with Crippen molar-refractivity contribution in [3.63, 3.8) is 0 Å². The lowest BCUT2D eigenvalue weighted by Gasteiger charge is -2.03. The molecule has 0 heterocycles. The van der Waals surface area contributed by atoms with Crippen LogP contribution in [-0.4, -0.2) is 23.5 Å². The van der Waals surface area contributed by atoms with Gasteiger partial charge in [-0.15, -0.1) is 0 Å². The van der Waals surface area contributed by atoms with Crippen LogP contribution in [0.2, 0.25) is 5.02 Å². The molecule has 0 saturated carbocycles. The molecule has 0 aliphatic rings. The van der Waals surface area contributed by atoms with E-state index in [1.807, 2.05) is 18.2 Å². The topological polar surface area (TPSA) is 66.4 Å². The average Bonchev–Trinajstić information content (AvgIpc) is 2.31. The van der Waals surface area contributed by atoms with Crippen LogP contribution in [0.5, 0.6) is 0 Å². The summed E-state index contributed by atoms with van der Waals surface area (Å²) in [5, 5.41) is 11.9. The third-order valence-corrected chi connectivity index (χ3v) is 2.78. The number of halogens is 1. The zero-order valence-electron chi connectivity index (χ0n) is 10.6. The summed E-state index contributed by atoms with van der Waals surface area (Å²) in [6.45, 7) is 2.06. The van der Waals surface area contributed by atoms with Crippen LogP contribution in [0, 0.1) is 0 Å². The van der Waals surface area contributed by atoms with Crippen LogP contribution in [0.15, 0.2) is 24.3 Å². The van der Waals surface area contributed by atoms with E-state index in [1.165, 1.54) is 6.92 Å². The smallest absolute Gasteiger partial charge is 0.307 e. The maximum Gasteiger partial charge on any atom is 0.307 e. The molecule has 0 aromatic heterocycles. The first-order valence-electron chi connectivity index (χ1n) is 5.90. The molecule has 0 aliphatic heterocycles. The lowest BCUT2D eigenvalue weighted by atomic mass is 10.1. The zero-order valence-corrected chi connectivity index (χ0v) is 11.4. The molecule has 0 bridgehead atoms. The van der Waals surface area contributed by atoms with Crippen molar-refractivity contribution >= 4 is 29.6 Å². The summed E-state index contributed by atoms with van der Waals surface area (Å²) in [4.78, 5) is 21.3. The molecule has 1 aromatic rings. The molecule has 0 saturated heterocycles. The van der Waals surface area contributed by atoms with Crippen LogP contribution in [0.3, 0.4) is 0 Å². The van der Waals surface area contributed by atoms with Gasteiger partial charge in [-0.05, 0) is 29.7 Å². The van der Waals surface area contributed by atoms with Gasteiger partial charge in [-0.1, -0.05) is 29.8 Å². The van der Waals surface area contributed by atoms with Crippen LogP contribution in [-0.2, 0) is 16.0 Å². The van der Waals surface area contributed by atoms with Crippen molar-refractivity contribution in [3.05, 3.63) is 40.4 Å². The molecule has 4 nitrogen and oxygen atoms in total. The van der Waals surface area contributed by atoms with Crippen molar-refractivity contribution in [2.45, 2.75) is 19.8 Å². The second-order valence-electron chi connectivity index (χ2n) is 4.10. The van der Waals surface area contributed by atoms with Gasteiger partial charge in [0.2, 0.25) is 5.91 Å². The number of hydrogen-bond donors (Lipinski definition) is 2. The van der Waals surface area contributed by atoms with Gasteiger partial charge < -0.3 is 10.4 Å². The summed E-state index contributed by atoms with van der Waals surface area (Å²) in [7, 11) is 0. The Balaban J connectivity index is 2.61. The number of carboxylic acids is 1. The largest absolute Gasteiger partial charge is 0.481 e. The van der Waals surface area contributed by atoms with Crippen molar-refractivity contribution in [2.75, 3.05) is 6.54 Å². The zero-order chi connectivity index (χ0) is 14.3. The van der Waals surface area contributed by atoms with Crippen molar-refractivity contribution in [3.8, 4) is 0 Å². The second kappa shape index (κ2) is 7.59. The number of nitrogens with one attached hydrogen (secondary N) is 1. The predicted molar refractivity (Wildman–Crippen MR) is 75.1 cm³/mol. The van der Waals surface area contributed by atoms with E-state index in [0.29, 0.717) is 17.1 Å². The number of carboxylic acid groups (broad SMARTS) is 1. The summed E-state index contributed by atoms with van der Waals surface area (Å²) in [6.07, 6.45) is 4.43. The third-order valence-electron chi connectivity index (χ3n) is 2.41. The van der Waals surface area contributed by atoms with Crippen LogP contribution in [0.1, 0.15) is 24.5 Å². The van der Waals surface area contributed by atoms with Crippen LogP contribution in [0.4, 0.5) is 0 Å². The molecule has 1 aromatic carbocycles. The Kier molecular flexibility index (Phi) is 6.09. The number of amides is 1. The molecule has 5 heteroatoms. The van der Waals surface area contributed by atoms with E-state index in [4.69, 9.17) is 16.7 Å². The SMILES string of the molecule is CC(=O)NCCC=Cc1ccc(Cl)c(CC(=O)O)c1. The number of carbonyl (C=O) groups is 2. The van der Waals surface area contributed by atoms with Gasteiger partial charge in [0, 0.05) is 18.5 Å². The van der Waals surface area contributed by atoms with Crippen LogP contribution >= 0.6 is 11.6 Å². The van der Waals surface area contributed by atoms with E-state index < -0.39 is 5.97 Å². The molecule has 19 heavy (non-hydrogen) atoms. The minimum absolute atomic E-state index is 0.0522. The Labute approximate surface area is 117 Å². The molecule has 102 valence electrons. The van der Waals surface area contributed by atoms with Gasteiger partial charge in [-0.2, -0.15) is 0 Å². The normalized spacial score (nSPS) is 10.6. The maximum atomic E-state index is 10.7. The summed E-state index contributed by atoms with van der Waals surface area (Å²) in [5.74, 6) is -0.961. The summed E-state index contributed by atoms with van der Waals surface area (Å²) < 4.78 is 0. The van der Waals surface area contributed by atoms with Gasteiger partial charge in [0.1, 0.15) is 0 Å². The van der Waals surface area contributed by atoms with Crippen LogP contribution < -0.4 is 5.32 Å². The van der Waals surface area contributed by atoms with Crippen molar-refractivity contribution in [1.82, 2.24) is 5.32 Å². The maximum absolute atomic E-state index is 10.7. The lowest BCUT2D eigenvalue weighted by molar-refractivity contribution is -0.136. The highest BCUT2D eigenvalue weighted by Gasteiger charge is 2.05. The summed E-state index contributed by atoms with van der Waals surface area (Å²) >= 11 is 5.92. The first-order valence-corrected chi connectivity index (χ1v) is 6.28. The van der Waals surface area contributed by atoms with E-state index in [0.717, 1.165) is 12.0 Å². The van der Waals surface area contributed by atoms with E-state index in [1.54, 1.807) is 12.1 Å². The molecule has 1 rings (SSSR count). The fourth-order valence-corrected chi connectivity index (χ4v) is 1.73. The quantitative estimate of drug-likeness (QED) is 0.788. The van der Waals surface area contributed by atoms with E-state index in [2.05, 4.69) is 5.32 Å². The Morgan fingerprint density at radius 1 is 1.42 bits per heavy atom. The van der Waals surface area contributed by atoms with Crippen LogP contribution in [0.25, 0.3) is 6.08 Å². The highest BCUT2D eigenvalue weighted by Crippen LogP contribution is 2.19. The molecule has 0 aliphatic carbocycles. The van der Waals surface area contributed by atoms with Gasteiger partial charge in [0.25, 0.3) is 0 Å². The van der Waals surface area contributed by atoms with Gasteiger partial charge in [-0.3, -0.25) is 9.59 Å². The molecular weight excluding hydrogens is 266 g/mol. The van der Waals surface area contributed by atoms with E-state index >= 15 is 0 Å². The molecule has 0 spiro atoms. The van der Waals surface area contributed by atoms with Crippen molar-refractivity contribution in [2.24, 2.45) is 0 Å². The lowest BCUT2D eigenvalue weighted by Crippen LogP contribution is -2.20. The first-order chi connectivity index (χ1) is 8.99. The number of aliphatic carboxylic acids is 1. The third kappa shape index (κ3) is 6.06. The Morgan fingerprint density at radius 2 is 2.16 bits per heavy atom. The predicted octanol–water partition coefficient (Wildman–Crippen LogP) is 2.51. The number of benzene rings is 1. The standard InChI is InChI=1S/C14H16ClNO3/c1-10(17)16-7-3-2-4-11-5-6-13(15)12(8-11)9-14(18)19/h2,4-6,8H,3,7,9H2,1H3,(H,16,17)(H,18,19). The van der Waals surface area contributed by atoms with Gasteiger partial charge >= 0.3 is 5.97 Å². The number of hydrogen-bond acceptors (Lipinski definition) is 2. The minimum Gasteiger partial charge on any atom is -0.481 e. The van der Waals surface area contributed by atoms with Gasteiger partial charge in [0.05, 0.1) is 6.42 Å². The molecule has 0 atom stereocenters. The Bertz CT molecular complexity index is 497. The monoisotopic (exact) mass is 281 g/mol. The summed E-state index contributed by atoms with van der Waals surface area (Å²) in [5.41, 5.74) is 1.49. The minimum atomic E-state index is -0.909. The van der Waals surface area contributed by atoms with Gasteiger partial charge in [-0.25, -0.2) is 0 Å².